The first kappa shape index (κ1) is 20.6. The Labute approximate surface area is 181 Å². The zero-order valence-corrected chi connectivity index (χ0v) is 18.1. The van der Waals surface area contributed by atoms with E-state index in [-0.39, 0.29) is 12.5 Å². The van der Waals surface area contributed by atoms with Gasteiger partial charge in [-0.1, -0.05) is 31.2 Å². The van der Waals surface area contributed by atoms with E-state index in [9.17, 15) is 4.79 Å². The van der Waals surface area contributed by atoms with Crippen molar-refractivity contribution in [3.8, 4) is 11.5 Å². The molecule has 0 unspecified atom stereocenters. The lowest BCUT2D eigenvalue weighted by atomic mass is 10.3. The number of thiazole rings is 1. The van der Waals surface area contributed by atoms with E-state index in [0.29, 0.717) is 31.2 Å². The van der Waals surface area contributed by atoms with Crippen LogP contribution in [0.15, 0.2) is 48.5 Å². The molecule has 0 atom stereocenters. The van der Waals surface area contributed by atoms with Crippen molar-refractivity contribution in [2.75, 3.05) is 39.4 Å². The molecule has 3 aromatic rings. The van der Waals surface area contributed by atoms with E-state index in [1.165, 1.54) is 4.70 Å². The summed E-state index contributed by atoms with van der Waals surface area (Å²) in [6, 6.07) is 15.7. The van der Waals surface area contributed by atoms with Crippen molar-refractivity contribution in [1.29, 1.82) is 0 Å². The summed E-state index contributed by atoms with van der Waals surface area (Å²) in [7, 11) is 0. The van der Waals surface area contributed by atoms with Crippen LogP contribution in [0.5, 0.6) is 11.5 Å². The Hall–Kier alpha value is -2.64. The largest absolute Gasteiger partial charge is 0.490 e. The second kappa shape index (κ2) is 9.91. The van der Waals surface area contributed by atoms with E-state index in [1.54, 1.807) is 11.3 Å². The highest BCUT2D eigenvalue weighted by molar-refractivity contribution is 7.18. The van der Waals surface area contributed by atoms with E-state index in [1.807, 2.05) is 41.3 Å². The summed E-state index contributed by atoms with van der Waals surface area (Å²) >= 11 is 1.75. The highest BCUT2D eigenvalue weighted by atomic mass is 32.1. The number of rotatable bonds is 8. The maximum Gasteiger partial charge on any atom is 0.260 e. The van der Waals surface area contributed by atoms with Crippen molar-refractivity contribution in [3.63, 3.8) is 0 Å². The average molecular weight is 426 g/mol. The van der Waals surface area contributed by atoms with Gasteiger partial charge in [0.2, 0.25) is 0 Å². The van der Waals surface area contributed by atoms with Crippen LogP contribution in [-0.4, -0.2) is 60.1 Å². The first-order chi connectivity index (χ1) is 14.7. The van der Waals surface area contributed by atoms with Crippen LogP contribution in [0.1, 0.15) is 18.4 Å². The fourth-order valence-electron chi connectivity index (χ4n) is 3.47. The standard InChI is InChI=1S/C23H27N3O3S/c1-2-15-28-19-8-4-5-9-20(19)29-17-23(27)26-13-11-25(12-14-26)16-22-24-18-7-3-6-10-21(18)30-22/h3-10H,2,11-17H2,1H3. The van der Waals surface area contributed by atoms with Crippen LogP contribution in [-0.2, 0) is 11.3 Å². The Morgan fingerprint density at radius 2 is 1.70 bits per heavy atom. The predicted molar refractivity (Wildman–Crippen MR) is 119 cm³/mol. The molecular formula is C23H27N3O3S. The maximum absolute atomic E-state index is 12.6. The minimum absolute atomic E-state index is 0.0138. The monoisotopic (exact) mass is 425 g/mol. The second-order valence-electron chi connectivity index (χ2n) is 7.32. The normalized spacial score (nSPS) is 14.8. The highest BCUT2D eigenvalue weighted by Gasteiger charge is 2.22. The van der Waals surface area contributed by atoms with Gasteiger partial charge in [0.1, 0.15) is 5.01 Å². The van der Waals surface area contributed by atoms with Gasteiger partial charge in [-0.15, -0.1) is 11.3 Å². The smallest absolute Gasteiger partial charge is 0.260 e. The van der Waals surface area contributed by atoms with Crippen molar-refractivity contribution >= 4 is 27.5 Å². The van der Waals surface area contributed by atoms with Gasteiger partial charge in [0.25, 0.3) is 5.91 Å². The molecule has 2 heterocycles. The van der Waals surface area contributed by atoms with Gasteiger partial charge in [-0.3, -0.25) is 9.69 Å². The zero-order chi connectivity index (χ0) is 20.8. The number of hydrogen-bond donors (Lipinski definition) is 0. The van der Waals surface area contributed by atoms with Gasteiger partial charge in [-0.2, -0.15) is 0 Å². The topological polar surface area (TPSA) is 54.9 Å². The van der Waals surface area contributed by atoms with Crippen LogP contribution in [0.2, 0.25) is 0 Å². The van der Waals surface area contributed by atoms with Crippen LogP contribution in [0.4, 0.5) is 0 Å². The van der Waals surface area contributed by atoms with Crippen LogP contribution in [0.25, 0.3) is 10.2 Å². The summed E-state index contributed by atoms with van der Waals surface area (Å²) in [6.45, 7) is 6.66. The molecule has 1 amide bonds. The molecular weight excluding hydrogens is 398 g/mol. The molecule has 0 radical (unpaired) electrons. The van der Waals surface area contributed by atoms with Crippen LogP contribution < -0.4 is 9.47 Å². The first-order valence-corrected chi connectivity index (χ1v) is 11.2. The summed E-state index contributed by atoms with van der Waals surface area (Å²) in [5.74, 6) is 1.32. The number of piperazine rings is 1. The number of ether oxygens (including phenoxy) is 2. The molecule has 1 aromatic heterocycles. The lowest BCUT2D eigenvalue weighted by molar-refractivity contribution is -0.135. The molecule has 2 aromatic carbocycles. The van der Waals surface area contributed by atoms with Crippen molar-refractivity contribution in [1.82, 2.24) is 14.8 Å². The number of carbonyl (C=O) groups is 1. The van der Waals surface area contributed by atoms with E-state index >= 15 is 0 Å². The number of nitrogens with zero attached hydrogens (tertiary/aromatic N) is 3. The summed E-state index contributed by atoms with van der Waals surface area (Å²) in [5.41, 5.74) is 1.06. The molecule has 0 bridgehead atoms. The predicted octanol–water partition coefficient (Wildman–Crippen LogP) is 3.81. The van der Waals surface area contributed by atoms with Gasteiger partial charge in [-0.25, -0.2) is 4.98 Å². The lowest BCUT2D eigenvalue weighted by Gasteiger charge is -2.34. The number of aromatic nitrogens is 1. The minimum atomic E-state index is 0.0138. The Kier molecular flexibility index (Phi) is 6.81. The summed E-state index contributed by atoms with van der Waals surface area (Å²) in [6.07, 6.45) is 0.925. The van der Waals surface area contributed by atoms with E-state index in [0.717, 1.165) is 36.6 Å². The van der Waals surface area contributed by atoms with Crippen LogP contribution in [0.3, 0.4) is 0 Å². The van der Waals surface area contributed by atoms with Crippen molar-refractivity contribution < 1.29 is 14.3 Å². The van der Waals surface area contributed by atoms with Crippen molar-refractivity contribution in [3.05, 3.63) is 53.5 Å². The van der Waals surface area contributed by atoms with Crippen LogP contribution in [0, 0.1) is 0 Å². The number of para-hydroxylation sites is 3. The van der Waals surface area contributed by atoms with Crippen molar-refractivity contribution in [2.45, 2.75) is 19.9 Å². The third-order valence-electron chi connectivity index (χ3n) is 5.08. The number of hydrogen-bond acceptors (Lipinski definition) is 6. The third kappa shape index (κ3) is 5.09. The quantitative estimate of drug-likeness (QED) is 0.549. The first-order valence-electron chi connectivity index (χ1n) is 10.4. The minimum Gasteiger partial charge on any atom is -0.490 e. The zero-order valence-electron chi connectivity index (χ0n) is 17.3. The maximum atomic E-state index is 12.6. The van der Waals surface area contributed by atoms with E-state index in [2.05, 4.69) is 24.0 Å². The summed E-state index contributed by atoms with van der Waals surface area (Å²) in [4.78, 5) is 21.6. The second-order valence-corrected chi connectivity index (χ2v) is 8.43. The Balaban J connectivity index is 1.25. The molecule has 0 aliphatic carbocycles. The van der Waals surface area contributed by atoms with Gasteiger partial charge in [0.05, 0.1) is 23.4 Å². The van der Waals surface area contributed by atoms with E-state index < -0.39 is 0 Å². The summed E-state index contributed by atoms with van der Waals surface area (Å²) in [5, 5.41) is 1.13. The summed E-state index contributed by atoms with van der Waals surface area (Å²) < 4.78 is 12.7. The van der Waals surface area contributed by atoms with Gasteiger partial charge in [-0.05, 0) is 30.7 Å². The molecule has 158 valence electrons. The number of amides is 1. The molecule has 1 aliphatic heterocycles. The Morgan fingerprint density at radius 1 is 1.00 bits per heavy atom. The number of carbonyl (C=O) groups excluding carboxylic acids is 1. The molecule has 0 saturated carbocycles. The molecule has 1 saturated heterocycles. The van der Waals surface area contributed by atoms with Crippen LogP contribution >= 0.6 is 11.3 Å². The highest BCUT2D eigenvalue weighted by Crippen LogP contribution is 2.27. The lowest BCUT2D eigenvalue weighted by Crippen LogP contribution is -2.49. The molecule has 6 nitrogen and oxygen atoms in total. The molecule has 30 heavy (non-hydrogen) atoms. The third-order valence-corrected chi connectivity index (χ3v) is 6.11. The number of benzene rings is 2. The molecule has 7 heteroatoms. The molecule has 0 spiro atoms. The van der Waals surface area contributed by atoms with Gasteiger partial charge in [0.15, 0.2) is 18.1 Å². The Morgan fingerprint density at radius 3 is 2.43 bits per heavy atom. The van der Waals surface area contributed by atoms with E-state index in [4.69, 9.17) is 14.5 Å². The molecule has 4 rings (SSSR count). The fourth-order valence-corrected chi connectivity index (χ4v) is 4.48. The average Bonchev–Trinajstić information content (AvgIpc) is 3.19. The molecule has 0 N–H and O–H groups in total. The Bertz CT molecular complexity index is 949. The van der Waals surface area contributed by atoms with Gasteiger partial charge in [0, 0.05) is 26.2 Å². The van der Waals surface area contributed by atoms with Gasteiger partial charge < -0.3 is 14.4 Å². The molecule has 1 aliphatic rings. The van der Waals surface area contributed by atoms with Crippen molar-refractivity contribution in [2.24, 2.45) is 0 Å². The fraction of sp³-hybridized carbons (Fsp3) is 0.391. The molecule has 1 fully saturated rings. The SMILES string of the molecule is CCCOc1ccccc1OCC(=O)N1CCN(Cc2nc3ccccc3s2)CC1. The van der Waals surface area contributed by atoms with Gasteiger partial charge >= 0.3 is 0 Å². The number of fused-ring (bicyclic) bond motifs is 1.